The molecule has 5 heteroatoms. The van der Waals surface area contributed by atoms with E-state index in [4.69, 9.17) is 16.3 Å². The van der Waals surface area contributed by atoms with E-state index < -0.39 is 0 Å². The highest BCUT2D eigenvalue weighted by molar-refractivity contribution is 6.30. The van der Waals surface area contributed by atoms with E-state index in [1.165, 1.54) is 19.3 Å². The van der Waals surface area contributed by atoms with Gasteiger partial charge in [0, 0.05) is 16.6 Å². The van der Waals surface area contributed by atoms with Crippen molar-refractivity contribution in [1.82, 2.24) is 5.32 Å². The van der Waals surface area contributed by atoms with E-state index in [9.17, 15) is 4.79 Å². The number of nitrogens with one attached hydrogen (secondary N) is 2. The molecule has 0 bridgehead atoms. The lowest BCUT2D eigenvalue weighted by Crippen LogP contribution is -3.09. The molecule has 4 nitrogen and oxygen atoms in total. The average Bonchev–Trinajstić information content (AvgIpc) is 2.49. The van der Waals surface area contributed by atoms with Crippen LogP contribution in [0.5, 0.6) is 5.75 Å². The van der Waals surface area contributed by atoms with E-state index in [1.807, 2.05) is 25.2 Å². The van der Waals surface area contributed by atoms with Crippen LogP contribution < -0.4 is 15.0 Å². The third-order valence-electron chi connectivity index (χ3n) is 4.65. The van der Waals surface area contributed by atoms with Gasteiger partial charge in [-0.2, -0.15) is 0 Å². The van der Waals surface area contributed by atoms with Crippen molar-refractivity contribution in [3.8, 4) is 5.75 Å². The molecule has 23 heavy (non-hydrogen) atoms. The van der Waals surface area contributed by atoms with Gasteiger partial charge in [-0.1, -0.05) is 31.4 Å². The molecule has 0 spiro atoms. The fraction of sp³-hybridized carbons (Fsp3) is 0.611. The van der Waals surface area contributed by atoms with Gasteiger partial charge in [-0.25, -0.2) is 0 Å². The Hall–Kier alpha value is -1.26. The second-order valence-electron chi connectivity index (χ2n) is 6.70. The minimum atomic E-state index is 0.127. The van der Waals surface area contributed by atoms with Crippen molar-refractivity contribution in [2.24, 2.45) is 5.92 Å². The Balaban J connectivity index is 1.87. The normalized spacial score (nSPS) is 22.4. The molecule has 1 amide bonds. The number of benzene rings is 1. The highest BCUT2D eigenvalue weighted by atomic mass is 35.5. The number of amides is 1. The van der Waals surface area contributed by atoms with Crippen LogP contribution in [0.4, 0.5) is 0 Å². The van der Waals surface area contributed by atoms with Crippen molar-refractivity contribution < 1.29 is 14.4 Å². The standard InChI is InChI=1S/C18H27ClN2O2/c1-13-6-4-5-7-16(13)20-18(22)12-21(2)11-14-10-15(19)8-9-17(14)23-3/h8-10,13,16H,4-7,11-12H2,1-3H3,(H,20,22)/p+1/t13-,16+/m1/s1. The van der Waals surface area contributed by atoms with Gasteiger partial charge in [-0.3, -0.25) is 4.79 Å². The summed E-state index contributed by atoms with van der Waals surface area (Å²) in [6, 6.07) is 5.93. The fourth-order valence-electron chi connectivity index (χ4n) is 3.34. The Morgan fingerprint density at radius 3 is 2.83 bits per heavy atom. The van der Waals surface area contributed by atoms with E-state index in [1.54, 1.807) is 7.11 Å². The number of quaternary nitrogens is 1. The first-order valence-corrected chi connectivity index (χ1v) is 8.80. The molecular weight excluding hydrogens is 312 g/mol. The van der Waals surface area contributed by atoms with E-state index in [0.717, 1.165) is 22.6 Å². The number of hydrogen-bond acceptors (Lipinski definition) is 2. The molecule has 1 unspecified atom stereocenters. The van der Waals surface area contributed by atoms with Gasteiger partial charge >= 0.3 is 0 Å². The summed E-state index contributed by atoms with van der Waals surface area (Å²) >= 11 is 6.06. The Kier molecular flexibility index (Phi) is 6.72. The molecule has 1 fully saturated rings. The van der Waals surface area contributed by atoms with Crippen molar-refractivity contribution >= 4 is 17.5 Å². The van der Waals surface area contributed by atoms with Gasteiger partial charge < -0.3 is 15.0 Å². The van der Waals surface area contributed by atoms with Crippen molar-refractivity contribution in [3.63, 3.8) is 0 Å². The van der Waals surface area contributed by atoms with E-state index in [0.29, 0.717) is 30.1 Å². The molecule has 1 aliphatic carbocycles. The van der Waals surface area contributed by atoms with Crippen LogP contribution in [0.3, 0.4) is 0 Å². The third-order valence-corrected chi connectivity index (χ3v) is 4.89. The molecule has 3 atom stereocenters. The Morgan fingerprint density at radius 2 is 2.13 bits per heavy atom. The van der Waals surface area contributed by atoms with Crippen LogP contribution in [0.15, 0.2) is 18.2 Å². The summed E-state index contributed by atoms with van der Waals surface area (Å²) < 4.78 is 5.37. The second-order valence-corrected chi connectivity index (χ2v) is 7.14. The largest absolute Gasteiger partial charge is 0.496 e. The topological polar surface area (TPSA) is 42.8 Å². The monoisotopic (exact) mass is 339 g/mol. The highest BCUT2D eigenvalue weighted by Gasteiger charge is 2.24. The molecule has 1 saturated carbocycles. The predicted molar refractivity (Wildman–Crippen MR) is 93.0 cm³/mol. The van der Waals surface area contributed by atoms with Crippen molar-refractivity contribution in [1.29, 1.82) is 0 Å². The quantitative estimate of drug-likeness (QED) is 0.833. The average molecular weight is 340 g/mol. The zero-order valence-electron chi connectivity index (χ0n) is 14.3. The number of carbonyl (C=O) groups is 1. The lowest BCUT2D eigenvalue weighted by Gasteiger charge is -2.29. The molecule has 1 aromatic carbocycles. The molecular formula is C18H28ClN2O2+. The summed E-state index contributed by atoms with van der Waals surface area (Å²) in [7, 11) is 3.67. The lowest BCUT2D eigenvalue weighted by molar-refractivity contribution is -0.885. The number of likely N-dealkylation sites (N-methyl/N-ethyl adjacent to an activating group) is 1. The molecule has 0 aromatic heterocycles. The van der Waals surface area contributed by atoms with Gasteiger partial charge in [0.25, 0.3) is 5.91 Å². The molecule has 0 heterocycles. The first-order valence-electron chi connectivity index (χ1n) is 8.42. The molecule has 128 valence electrons. The van der Waals surface area contributed by atoms with Gasteiger partial charge in [-0.15, -0.1) is 0 Å². The summed E-state index contributed by atoms with van der Waals surface area (Å²) in [5.74, 6) is 1.53. The zero-order chi connectivity index (χ0) is 16.8. The van der Waals surface area contributed by atoms with Crippen LogP contribution in [0.25, 0.3) is 0 Å². The van der Waals surface area contributed by atoms with Crippen LogP contribution >= 0.6 is 11.6 Å². The van der Waals surface area contributed by atoms with Gasteiger partial charge in [0.15, 0.2) is 6.54 Å². The Morgan fingerprint density at radius 1 is 1.39 bits per heavy atom. The van der Waals surface area contributed by atoms with E-state index >= 15 is 0 Å². The van der Waals surface area contributed by atoms with Crippen LogP contribution in [-0.4, -0.2) is 32.7 Å². The first-order chi connectivity index (χ1) is 11.0. The second kappa shape index (κ2) is 8.55. The van der Waals surface area contributed by atoms with Crippen LogP contribution in [0.2, 0.25) is 5.02 Å². The molecule has 0 aliphatic heterocycles. The SMILES string of the molecule is COc1ccc(Cl)cc1C[NH+](C)CC(=O)N[C@H]1CCCC[C@H]1C. The number of hydrogen-bond donors (Lipinski definition) is 2. The predicted octanol–water partition coefficient (Wildman–Crippen LogP) is 2.06. The number of halogens is 1. The summed E-state index contributed by atoms with van der Waals surface area (Å²) in [6.45, 7) is 3.40. The molecule has 1 aromatic rings. The van der Waals surface area contributed by atoms with E-state index in [2.05, 4.69) is 12.2 Å². The number of ether oxygens (including phenoxy) is 1. The molecule has 2 rings (SSSR count). The van der Waals surface area contributed by atoms with Gasteiger partial charge in [0.05, 0.1) is 14.2 Å². The maximum Gasteiger partial charge on any atom is 0.275 e. The zero-order valence-corrected chi connectivity index (χ0v) is 15.1. The Bertz CT molecular complexity index is 536. The van der Waals surface area contributed by atoms with Gasteiger partial charge in [0.1, 0.15) is 12.3 Å². The van der Waals surface area contributed by atoms with Crippen molar-refractivity contribution in [2.75, 3.05) is 20.7 Å². The maximum atomic E-state index is 12.3. The molecule has 0 radical (unpaired) electrons. The summed E-state index contributed by atoms with van der Waals surface area (Å²) in [4.78, 5) is 13.4. The van der Waals surface area contributed by atoms with Crippen LogP contribution in [0, 0.1) is 5.92 Å². The summed E-state index contributed by atoms with van der Waals surface area (Å²) in [5.41, 5.74) is 1.02. The number of carbonyl (C=O) groups excluding carboxylic acids is 1. The van der Waals surface area contributed by atoms with Gasteiger partial charge in [-0.05, 0) is 37.0 Å². The minimum absolute atomic E-state index is 0.127. The van der Waals surface area contributed by atoms with Gasteiger partial charge in [0.2, 0.25) is 0 Å². The van der Waals surface area contributed by atoms with Crippen molar-refractivity contribution in [3.05, 3.63) is 28.8 Å². The first kappa shape index (κ1) is 18.1. The third kappa shape index (κ3) is 5.40. The smallest absolute Gasteiger partial charge is 0.275 e. The van der Waals surface area contributed by atoms with Crippen LogP contribution in [-0.2, 0) is 11.3 Å². The van der Waals surface area contributed by atoms with Crippen LogP contribution in [0.1, 0.15) is 38.2 Å². The maximum absolute atomic E-state index is 12.3. The molecule has 0 saturated heterocycles. The highest BCUT2D eigenvalue weighted by Crippen LogP contribution is 2.23. The lowest BCUT2D eigenvalue weighted by atomic mass is 9.86. The molecule has 1 aliphatic rings. The van der Waals surface area contributed by atoms with E-state index in [-0.39, 0.29) is 5.91 Å². The summed E-state index contributed by atoms with van der Waals surface area (Å²) in [6.07, 6.45) is 4.83. The fourth-order valence-corrected chi connectivity index (χ4v) is 3.53. The summed E-state index contributed by atoms with van der Waals surface area (Å²) in [5, 5.41) is 3.90. The molecule has 2 N–H and O–H groups in total. The minimum Gasteiger partial charge on any atom is -0.496 e. The number of methoxy groups -OCH3 is 1. The Labute approximate surface area is 144 Å². The van der Waals surface area contributed by atoms with Crippen molar-refractivity contribution in [2.45, 2.75) is 45.2 Å². The number of rotatable bonds is 6.